The number of hydrogen-bond donors (Lipinski definition) is 0. The molecule has 2 bridgehead atoms. The van der Waals surface area contributed by atoms with E-state index in [0.717, 1.165) is 22.3 Å². The van der Waals surface area contributed by atoms with Crippen LogP contribution in [0.4, 0.5) is 5.69 Å². The molecule has 1 fully saturated rings. The molecule has 4 aliphatic rings. The molecule has 2 atom stereocenters. The molecule has 0 aromatic heterocycles. The van der Waals surface area contributed by atoms with E-state index in [1.807, 2.05) is 24.3 Å². The first-order valence-corrected chi connectivity index (χ1v) is 11.3. The highest BCUT2D eigenvalue weighted by Crippen LogP contribution is 2.65. The predicted molar refractivity (Wildman–Crippen MR) is 123 cm³/mol. The van der Waals surface area contributed by atoms with Crippen molar-refractivity contribution in [3.8, 4) is 0 Å². The van der Waals surface area contributed by atoms with Crippen LogP contribution in [0.1, 0.15) is 51.9 Å². The van der Waals surface area contributed by atoms with Crippen molar-refractivity contribution in [2.24, 2.45) is 11.8 Å². The SMILES string of the molecule is CCC12c3ccccc3C(c3ccccc31)C1C(=O)N(c3cccc(C(=O)OC)c3)C(=O)C12. The van der Waals surface area contributed by atoms with Crippen molar-refractivity contribution in [2.75, 3.05) is 12.0 Å². The summed E-state index contributed by atoms with van der Waals surface area (Å²) in [6, 6.07) is 23.1. The molecule has 3 aromatic carbocycles. The topological polar surface area (TPSA) is 63.7 Å². The van der Waals surface area contributed by atoms with Crippen molar-refractivity contribution < 1.29 is 19.1 Å². The van der Waals surface area contributed by atoms with Crippen LogP contribution in [0.3, 0.4) is 0 Å². The van der Waals surface area contributed by atoms with Crippen molar-refractivity contribution in [3.63, 3.8) is 0 Å². The van der Waals surface area contributed by atoms with Crippen molar-refractivity contribution in [1.29, 1.82) is 0 Å². The number of carbonyl (C=O) groups excluding carboxylic acids is 3. The summed E-state index contributed by atoms with van der Waals surface area (Å²) in [5.41, 5.74) is 4.77. The first-order chi connectivity index (χ1) is 16.0. The fraction of sp³-hybridized carbons (Fsp3) is 0.250. The second-order valence-electron chi connectivity index (χ2n) is 9.03. The van der Waals surface area contributed by atoms with Crippen LogP contribution in [-0.4, -0.2) is 24.9 Å². The van der Waals surface area contributed by atoms with Crippen LogP contribution in [0.2, 0.25) is 0 Å². The van der Waals surface area contributed by atoms with Gasteiger partial charge in [-0.2, -0.15) is 0 Å². The standard InChI is InChI=1S/C28H23NO4/c1-3-28-20-13-6-4-11-18(20)22(19-12-5-7-14-21(19)28)23-24(28)26(31)29(25(23)30)17-10-8-9-16(15-17)27(32)33-2/h4-15,22-24H,3H2,1-2H3. The fourth-order valence-electron chi connectivity index (χ4n) is 6.67. The molecule has 164 valence electrons. The Bertz CT molecular complexity index is 1300. The molecular formula is C28H23NO4. The highest BCUT2D eigenvalue weighted by molar-refractivity contribution is 6.24. The van der Waals surface area contributed by atoms with E-state index in [0.29, 0.717) is 17.7 Å². The quantitative estimate of drug-likeness (QED) is 0.449. The van der Waals surface area contributed by atoms with E-state index in [1.165, 1.54) is 12.0 Å². The lowest BCUT2D eigenvalue weighted by atomic mass is 9.46. The first-order valence-electron chi connectivity index (χ1n) is 11.3. The minimum absolute atomic E-state index is 0.166. The number of nitrogens with zero attached hydrogens (tertiary/aromatic N) is 1. The van der Waals surface area contributed by atoms with Crippen LogP contribution in [0.25, 0.3) is 0 Å². The van der Waals surface area contributed by atoms with Gasteiger partial charge in [0.25, 0.3) is 0 Å². The van der Waals surface area contributed by atoms with Gasteiger partial charge in [0.2, 0.25) is 11.8 Å². The molecule has 0 N–H and O–H groups in total. The van der Waals surface area contributed by atoms with Crippen LogP contribution >= 0.6 is 0 Å². The van der Waals surface area contributed by atoms with Gasteiger partial charge in [-0.25, -0.2) is 9.69 Å². The molecule has 5 heteroatoms. The normalized spacial score (nSPS) is 26.6. The lowest BCUT2D eigenvalue weighted by Gasteiger charge is -2.54. The van der Waals surface area contributed by atoms with Gasteiger partial charge in [0.1, 0.15) is 0 Å². The second kappa shape index (κ2) is 6.88. The van der Waals surface area contributed by atoms with E-state index in [2.05, 4.69) is 31.2 Å². The Morgan fingerprint density at radius 1 is 0.909 bits per heavy atom. The smallest absolute Gasteiger partial charge is 0.337 e. The summed E-state index contributed by atoms with van der Waals surface area (Å²) in [7, 11) is 1.31. The molecule has 1 aliphatic heterocycles. The van der Waals surface area contributed by atoms with E-state index in [4.69, 9.17) is 4.74 Å². The second-order valence-corrected chi connectivity index (χ2v) is 9.03. The number of anilines is 1. The largest absolute Gasteiger partial charge is 0.465 e. The Balaban J connectivity index is 1.58. The minimum atomic E-state index is -0.561. The minimum Gasteiger partial charge on any atom is -0.465 e. The van der Waals surface area contributed by atoms with Crippen LogP contribution in [0.15, 0.2) is 72.8 Å². The van der Waals surface area contributed by atoms with Crippen LogP contribution in [0, 0.1) is 11.8 Å². The van der Waals surface area contributed by atoms with Gasteiger partial charge in [0, 0.05) is 11.3 Å². The average Bonchev–Trinajstić information content (AvgIpc) is 3.14. The first kappa shape index (κ1) is 19.9. The highest BCUT2D eigenvalue weighted by Gasteiger charge is 2.67. The maximum atomic E-state index is 14.1. The number of hydrogen-bond acceptors (Lipinski definition) is 4. The van der Waals surface area contributed by atoms with Crippen molar-refractivity contribution >= 4 is 23.5 Å². The summed E-state index contributed by atoms with van der Waals surface area (Å²) < 4.78 is 4.84. The van der Waals surface area contributed by atoms with Gasteiger partial charge in [-0.1, -0.05) is 61.5 Å². The van der Waals surface area contributed by atoms with E-state index < -0.39 is 23.2 Å². The molecule has 1 saturated heterocycles. The Morgan fingerprint density at radius 2 is 1.55 bits per heavy atom. The third-order valence-corrected chi connectivity index (χ3v) is 7.88. The summed E-state index contributed by atoms with van der Waals surface area (Å²) in [6.45, 7) is 2.11. The van der Waals surface area contributed by atoms with Gasteiger partial charge >= 0.3 is 5.97 Å². The Labute approximate surface area is 192 Å². The third-order valence-electron chi connectivity index (χ3n) is 7.88. The lowest BCUT2D eigenvalue weighted by molar-refractivity contribution is -0.123. The highest BCUT2D eigenvalue weighted by atomic mass is 16.5. The molecule has 0 saturated carbocycles. The maximum Gasteiger partial charge on any atom is 0.337 e. The maximum absolute atomic E-state index is 14.1. The number of esters is 1. The molecule has 0 radical (unpaired) electrons. The summed E-state index contributed by atoms with van der Waals surface area (Å²) >= 11 is 0. The molecular weight excluding hydrogens is 414 g/mol. The average molecular weight is 437 g/mol. The van der Waals surface area contributed by atoms with Gasteiger partial charge in [0.05, 0.1) is 30.2 Å². The van der Waals surface area contributed by atoms with Crippen LogP contribution in [0.5, 0.6) is 0 Å². The van der Waals surface area contributed by atoms with Crippen LogP contribution < -0.4 is 4.90 Å². The molecule has 3 aliphatic carbocycles. The van der Waals surface area contributed by atoms with E-state index >= 15 is 0 Å². The molecule has 7 rings (SSSR count). The zero-order chi connectivity index (χ0) is 22.9. The molecule has 0 spiro atoms. The molecule has 33 heavy (non-hydrogen) atoms. The zero-order valence-corrected chi connectivity index (χ0v) is 18.4. The Morgan fingerprint density at radius 3 is 2.15 bits per heavy atom. The van der Waals surface area contributed by atoms with E-state index in [1.54, 1.807) is 24.3 Å². The van der Waals surface area contributed by atoms with Gasteiger partial charge in [-0.05, 0) is 46.9 Å². The molecule has 1 heterocycles. The molecule has 2 amide bonds. The number of carbonyl (C=O) groups is 3. The lowest BCUT2D eigenvalue weighted by Crippen LogP contribution is -2.53. The summed E-state index contributed by atoms with van der Waals surface area (Å²) in [6.07, 6.45) is 0.712. The molecule has 3 aromatic rings. The number of benzene rings is 3. The Kier molecular flexibility index (Phi) is 4.15. The summed E-state index contributed by atoms with van der Waals surface area (Å²) in [5.74, 6) is -2.00. The number of rotatable bonds is 3. The van der Waals surface area contributed by atoms with Gasteiger partial charge in [-0.15, -0.1) is 0 Å². The van der Waals surface area contributed by atoms with Crippen molar-refractivity contribution in [2.45, 2.75) is 24.7 Å². The summed E-state index contributed by atoms with van der Waals surface area (Å²) in [4.78, 5) is 41.4. The van der Waals surface area contributed by atoms with Crippen molar-refractivity contribution in [3.05, 3.63) is 101 Å². The third kappa shape index (κ3) is 2.34. The van der Waals surface area contributed by atoms with Gasteiger partial charge in [0.15, 0.2) is 0 Å². The molecule has 5 nitrogen and oxygen atoms in total. The van der Waals surface area contributed by atoms with E-state index in [-0.39, 0.29) is 17.7 Å². The van der Waals surface area contributed by atoms with E-state index in [9.17, 15) is 14.4 Å². The number of amides is 2. The van der Waals surface area contributed by atoms with Crippen molar-refractivity contribution in [1.82, 2.24) is 0 Å². The van der Waals surface area contributed by atoms with Gasteiger partial charge < -0.3 is 4.74 Å². The fourth-order valence-corrected chi connectivity index (χ4v) is 6.67. The summed E-state index contributed by atoms with van der Waals surface area (Å²) in [5, 5.41) is 0. The number of methoxy groups -OCH3 is 1. The Hall–Kier alpha value is -3.73. The van der Waals surface area contributed by atoms with Gasteiger partial charge in [-0.3, -0.25) is 9.59 Å². The van der Waals surface area contributed by atoms with Crippen LogP contribution in [-0.2, 0) is 19.7 Å². The number of imide groups is 1. The predicted octanol–water partition coefficient (Wildman–Crippen LogP) is 4.43. The number of ether oxygens (including phenoxy) is 1. The molecule has 2 unspecified atom stereocenters. The monoisotopic (exact) mass is 437 g/mol. The zero-order valence-electron chi connectivity index (χ0n) is 18.4.